The minimum Gasteiger partial charge on any atom is -0.487 e. The summed E-state index contributed by atoms with van der Waals surface area (Å²) in [5, 5.41) is 0. The predicted octanol–water partition coefficient (Wildman–Crippen LogP) is 3.78. The van der Waals surface area contributed by atoms with E-state index in [2.05, 4.69) is 28.1 Å². The standard InChI is InChI=1S/C25H24N4O3/c1-31-25(30)23-4-2-3-5-24(23)28-12-10-20(15-28)29-16-22(17-29)32-21-8-6-19(7-9-21)14-27-13-11-26-18-27/h2-13,15,18,22H,14,16-17H2,1H3. The van der Waals surface area contributed by atoms with Gasteiger partial charge in [-0.2, -0.15) is 0 Å². The average molecular weight is 428 g/mol. The summed E-state index contributed by atoms with van der Waals surface area (Å²) in [7, 11) is 1.40. The summed E-state index contributed by atoms with van der Waals surface area (Å²) in [5.74, 6) is 0.540. The second kappa shape index (κ2) is 8.63. The first kappa shape index (κ1) is 19.9. The Hall–Kier alpha value is -4.00. The second-order valence-corrected chi connectivity index (χ2v) is 7.81. The first-order valence-electron chi connectivity index (χ1n) is 10.5. The summed E-state index contributed by atoms with van der Waals surface area (Å²) in [6.45, 7) is 2.44. The fourth-order valence-electron chi connectivity index (χ4n) is 3.88. The molecule has 1 aliphatic rings. The van der Waals surface area contributed by atoms with E-state index < -0.39 is 0 Å². The van der Waals surface area contributed by atoms with E-state index in [1.54, 1.807) is 12.3 Å². The van der Waals surface area contributed by atoms with Crippen LogP contribution in [0.5, 0.6) is 5.75 Å². The van der Waals surface area contributed by atoms with E-state index >= 15 is 0 Å². The highest BCUT2D eigenvalue weighted by Crippen LogP contribution is 2.27. The Balaban J connectivity index is 1.18. The molecule has 7 nitrogen and oxygen atoms in total. The van der Waals surface area contributed by atoms with E-state index in [4.69, 9.17) is 9.47 Å². The van der Waals surface area contributed by atoms with Gasteiger partial charge in [-0.05, 0) is 35.9 Å². The van der Waals surface area contributed by atoms with Crippen LogP contribution in [0, 0.1) is 0 Å². The number of methoxy groups -OCH3 is 1. The van der Waals surface area contributed by atoms with Crippen LogP contribution in [-0.4, -0.2) is 46.4 Å². The van der Waals surface area contributed by atoms with Crippen molar-refractivity contribution in [2.75, 3.05) is 25.1 Å². The van der Waals surface area contributed by atoms with Gasteiger partial charge in [0, 0.05) is 31.3 Å². The van der Waals surface area contributed by atoms with Gasteiger partial charge in [0.2, 0.25) is 0 Å². The van der Waals surface area contributed by atoms with Crippen LogP contribution >= 0.6 is 0 Å². The first-order chi connectivity index (χ1) is 15.7. The van der Waals surface area contributed by atoms with E-state index in [0.717, 1.165) is 36.8 Å². The molecule has 0 unspecified atom stereocenters. The molecule has 0 atom stereocenters. The van der Waals surface area contributed by atoms with Crippen molar-refractivity contribution >= 4 is 11.7 Å². The van der Waals surface area contributed by atoms with E-state index in [1.807, 2.05) is 64.4 Å². The van der Waals surface area contributed by atoms with Crippen molar-refractivity contribution in [1.82, 2.24) is 14.1 Å². The Labute approximate surface area is 186 Å². The maximum atomic E-state index is 12.1. The molecule has 1 saturated heterocycles. The lowest BCUT2D eigenvalue weighted by Crippen LogP contribution is -2.53. The summed E-state index contributed by atoms with van der Waals surface area (Å²) in [4.78, 5) is 18.4. The van der Waals surface area contributed by atoms with Crippen LogP contribution in [-0.2, 0) is 11.3 Å². The van der Waals surface area contributed by atoms with Crippen molar-refractivity contribution in [2.24, 2.45) is 0 Å². The molecule has 1 aliphatic heterocycles. The van der Waals surface area contributed by atoms with Gasteiger partial charge in [-0.3, -0.25) is 0 Å². The smallest absolute Gasteiger partial charge is 0.339 e. The fraction of sp³-hybridized carbons (Fsp3) is 0.200. The van der Waals surface area contributed by atoms with Crippen LogP contribution < -0.4 is 9.64 Å². The predicted molar refractivity (Wildman–Crippen MR) is 122 cm³/mol. The van der Waals surface area contributed by atoms with Crippen molar-refractivity contribution in [2.45, 2.75) is 12.6 Å². The number of anilines is 1. The molecule has 0 spiro atoms. The quantitative estimate of drug-likeness (QED) is 0.419. The summed E-state index contributed by atoms with van der Waals surface area (Å²) < 4.78 is 15.0. The zero-order valence-corrected chi connectivity index (χ0v) is 17.8. The zero-order valence-electron chi connectivity index (χ0n) is 17.8. The Morgan fingerprint density at radius 2 is 1.88 bits per heavy atom. The van der Waals surface area contributed by atoms with Gasteiger partial charge in [-0.1, -0.05) is 24.3 Å². The van der Waals surface area contributed by atoms with Crippen molar-refractivity contribution in [3.8, 4) is 11.4 Å². The lowest BCUT2D eigenvalue weighted by atomic mass is 10.1. The highest BCUT2D eigenvalue weighted by molar-refractivity contribution is 5.93. The molecule has 4 aromatic rings. The Kier molecular flexibility index (Phi) is 5.37. The fourth-order valence-corrected chi connectivity index (χ4v) is 3.88. The third-order valence-corrected chi connectivity index (χ3v) is 5.63. The SMILES string of the molecule is COC(=O)c1ccccc1-n1ccc(N2CC(Oc3ccc(Cn4ccnc4)cc3)C2)c1. The average Bonchev–Trinajstić information content (AvgIpc) is 3.49. The molecular formula is C25H24N4O3. The van der Waals surface area contributed by atoms with Gasteiger partial charge in [0.15, 0.2) is 0 Å². The van der Waals surface area contributed by atoms with Crippen LogP contribution in [0.4, 0.5) is 5.69 Å². The normalized spacial score (nSPS) is 13.6. The van der Waals surface area contributed by atoms with E-state index in [9.17, 15) is 4.79 Å². The number of hydrogen-bond donors (Lipinski definition) is 0. The van der Waals surface area contributed by atoms with Crippen LogP contribution in [0.1, 0.15) is 15.9 Å². The molecule has 0 bridgehead atoms. The molecule has 0 N–H and O–H groups in total. The summed E-state index contributed by atoms with van der Waals surface area (Å²) >= 11 is 0. The monoisotopic (exact) mass is 428 g/mol. The highest BCUT2D eigenvalue weighted by atomic mass is 16.5. The molecular weight excluding hydrogens is 404 g/mol. The number of benzene rings is 2. The molecule has 0 radical (unpaired) electrons. The topological polar surface area (TPSA) is 61.5 Å². The molecule has 2 aromatic heterocycles. The van der Waals surface area contributed by atoms with Gasteiger partial charge < -0.3 is 23.5 Å². The Morgan fingerprint density at radius 3 is 2.62 bits per heavy atom. The number of rotatable bonds is 7. The number of carbonyl (C=O) groups is 1. The number of esters is 1. The number of ether oxygens (including phenoxy) is 2. The lowest BCUT2D eigenvalue weighted by Gasteiger charge is -2.40. The van der Waals surface area contributed by atoms with Crippen molar-refractivity contribution in [1.29, 1.82) is 0 Å². The number of imidazole rings is 1. The van der Waals surface area contributed by atoms with E-state index in [1.165, 1.54) is 12.7 Å². The highest BCUT2D eigenvalue weighted by Gasteiger charge is 2.29. The zero-order chi connectivity index (χ0) is 21.9. The molecule has 5 rings (SSSR count). The maximum Gasteiger partial charge on any atom is 0.339 e. The first-order valence-corrected chi connectivity index (χ1v) is 10.5. The number of nitrogens with zero attached hydrogens (tertiary/aromatic N) is 4. The van der Waals surface area contributed by atoms with Gasteiger partial charge in [0.1, 0.15) is 11.9 Å². The van der Waals surface area contributed by atoms with Crippen molar-refractivity contribution < 1.29 is 14.3 Å². The molecule has 0 aliphatic carbocycles. The lowest BCUT2D eigenvalue weighted by molar-refractivity contribution is 0.0600. The van der Waals surface area contributed by atoms with Gasteiger partial charge in [0.25, 0.3) is 0 Å². The van der Waals surface area contributed by atoms with Gasteiger partial charge in [-0.15, -0.1) is 0 Å². The van der Waals surface area contributed by atoms with Crippen LogP contribution in [0.25, 0.3) is 5.69 Å². The Bertz CT molecular complexity index is 1190. The molecule has 162 valence electrons. The molecule has 0 amide bonds. The molecule has 3 heterocycles. The largest absolute Gasteiger partial charge is 0.487 e. The number of carbonyl (C=O) groups excluding carboxylic acids is 1. The van der Waals surface area contributed by atoms with E-state index in [-0.39, 0.29) is 12.1 Å². The Morgan fingerprint density at radius 1 is 1.06 bits per heavy atom. The van der Waals surface area contributed by atoms with E-state index in [0.29, 0.717) is 5.56 Å². The van der Waals surface area contributed by atoms with Gasteiger partial charge >= 0.3 is 5.97 Å². The summed E-state index contributed by atoms with van der Waals surface area (Å²) in [5.41, 5.74) is 3.65. The van der Waals surface area contributed by atoms with Gasteiger partial charge in [-0.25, -0.2) is 9.78 Å². The number of hydrogen-bond acceptors (Lipinski definition) is 5. The summed E-state index contributed by atoms with van der Waals surface area (Å²) in [6, 6.07) is 17.7. The van der Waals surface area contributed by atoms with Crippen molar-refractivity contribution in [3.05, 3.63) is 96.8 Å². The third kappa shape index (κ3) is 4.09. The molecule has 32 heavy (non-hydrogen) atoms. The minimum atomic E-state index is -0.343. The maximum absolute atomic E-state index is 12.1. The number of aromatic nitrogens is 3. The molecule has 7 heteroatoms. The van der Waals surface area contributed by atoms with Crippen LogP contribution in [0.2, 0.25) is 0 Å². The van der Waals surface area contributed by atoms with Crippen LogP contribution in [0.3, 0.4) is 0 Å². The summed E-state index contributed by atoms with van der Waals surface area (Å²) in [6.07, 6.45) is 9.70. The van der Waals surface area contributed by atoms with Gasteiger partial charge in [0.05, 0.1) is 43.5 Å². The van der Waals surface area contributed by atoms with Crippen molar-refractivity contribution in [3.63, 3.8) is 0 Å². The number of para-hydroxylation sites is 1. The van der Waals surface area contributed by atoms with Crippen LogP contribution in [0.15, 0.2) is 85.7 Å². The minimum absolute atomic E-state index is 0.153. The second-order valence-electron chi connectivity index (χ2n) is 7.81. The third-order valence-electron chi connectivity index (χ3n) is 5.63. The molecule has 0 saturated carbocycles. The molecule has 1 fully saturated rings. The molecule has 2 aromatic carbocycles.